The van der Waals surface area contributed by atoms with Gasteiger partial charge in [-0.25, -0.2) is 0 Å². The van der Waals surface area contributed by atoms with Crippen LogP contribution in [0.15, 0.2) is 115 Å². The van der Waals surface area contributed by atoms with E-state index < -0.39 is 0 Å². The van der Waals surface area contributed by atoms with Crippen LogP contribution in [0.5, 0.6) is 0 Å². The predicted molar refractivity (Wildman–Crippen MR) is 145 cm³/mol. The molecule has 0 aromatic heterocycles. The maximum Gasteiger partial charge on any atom is 0 e. The molecule has 0 bridgehead atoms. The summed E-state index contributed by atoms with van der Waals surface area (Å²) >= 11 is 0. The summed E-state index contributed by atoms with van der Waals surface area (Å²) in [6, 6.07) is 48.7. The minimum atomic E-state index is 0. The van der Waals surface area contributed by atoms with Gasteiger partial charge < -0.3 is 0 Å². The van der Waals surface area contributed by atoms with Crippen molar-refractivity contribution >= 4 is 0 Å². The molecular formula is C32H42W12Y3-4. The van der Waals surface area contributed by atoms with E-state index in [-0.39, 0.29) is 351 Å². The second-order valence-corrected chi connectivity index (χ2v) is 4.97. The largest absolute Gasteiger partial charge is 0.184 e. The van der Waals surface area contributed by atoms with Crippen molar-refractivity contribution in [2.75, 3.05) is 0 Å². The van der Waals surface area contributed by atoms with Gasteiger partial charge in [-0.15, -0.1) is 0 Å². The Balaban J connectivity index is -0.0000000129. The summed E-state index contributed by atoms with van der Waals surface area (Å²) in [5, 5.41) is 0. The predicted octanol–water partition coefficient (Wildman–Crippen LogP) is 9.55. The number of rotatable bonds is 1. The van der Waals surface area contributed by atoms with Crippen LogP contribution in [0.1, 0.15) is 54.0 Å². The molecule has 15 heteroatoms. The van der Waals surface area contributed by atoms with E-state index in [0.29, 0.717) is 0 Å². The fourth-order valence-electron chi connectivity index (χ4n) is 1.68. The van der Waals surface area contributed by atoms with Crippen molar-refractivity contribution in [3.63, 3.8) is 0 Å². The Morgan fingerprint density at radius 1 is 0.340 bits per heavy atom. The molecular weight excluding hydrogens is 2860 g/mol. The van der Waals surface area contributed by atoms with Gasteiger partial charge in [0, 0.05) is 351 Å². The van der Waals surface area contributed by atoms with Crippen molar-refractivity contribution in [1.82, 2.24) is 0 Å². The van der Waals surface area contributed by atoms with E-state index in [4.69, 9.17) is 0 Å². The van der Waals surface area contributed by atoms with Crippen LogP contribution in [0.4, 0.5) is 0 Å². The van der Waals surface area contributed by atoms with Gasteiger partial charge in [0.05, 0.1) is 0 Å². The molecule has 3 radical (unpaired) electrons. The van der Waals surface area contributed by atoms with Crippen LogP contribution in [0.3, 0.4) is 0 Å². The normalized spacial score (nSPS) is 5.00. The third kappa shape index (κ3) is 113. The van der Waals surface area contributed by atoms with Gasteiger partial charge in [-0.3, -0.25) is 0 Å². The van der Waals surface area contributed by atoms with Crippen molar-refractivity contribution in [1.29, 1.82) is 0 Å². The van der Waals surface area contributed by atoms with Gasteiger partial charge in [0.15, 0.2) is 0 Å². The molecule has 0 N–H and O–H groups in total. The first-order valence-corrected chi connectivity index (χ1v) is 11.6. The van der Waals surface area contributed by atoms with E-state index in [1.165, 1.54) is 5.56 Å². The van der Waals surface area contributed by atoms with E-state index >= 15 is 0 Å². The topological polar surface area (TPSA) is 0 Å². The van der Waals surface area contributed by atoms with Gasteiger partial charge in [0.1, 0.15) is 0 Å². The zero-order chi connectivity index (χ0) is 24.5. The molecule has 0 saturated carbocycles. The van der Waals surface area contributed by atoms with Gasteiger partial charge >= 0.3 is 0 Å². The van der Waals surface area contributed by atoms with Gasteiger partial charge in [-0.1, -0.05) is 54.9 Å². The third-order valence-corrected chi connectivity index (χ3v) is 2.98. The summed E-state index contributed by atoms with van der Waals surface area (Å²) in [4.78, 5) is 0. The fraction of sp³-hybridized carbons (Fsp3) is 0.250. The molecule has 4 aromatic rings. The number of hydrogen-bond acceptors (Lipinski definition) is 0. The number of benzene rings is 4. The monoisotopic (exact) mass is 2900 g/mol. The molecule has 47 heavy (non-hydrogen) atoms. The number of aryl methyl sites for hydroxylation is 1. The minimum absolute atomic E-state index is 0. The Morgan fingerprint density at radius 2 is 0.553 bits per heavy atom. The SMILES string of the molecule is CC.CC.CC.CCc1[c-]cccc1.[W].[W].[W].[W].[W].[W].[W].[W].[W].[W].[W].[W].[Y].[Y].[Y].[c-]1ccccc1.[c-]1ccccc1.[c-]1ccccc1. The van der Waals surface area contributed by atoms with Crippen LogP contribution in [0, 0.1) is 24.3 Å². The van der Waals surface area contributed by atoms with Crippen LogP contribution in [0.25, 0.3) is 0 Å². The molecule has 0 aliphatic heterocycles. The van der Waals surface area contributed by atoms with Crippen LogP contribution < -0.4 is 0 Å². The van der Waals surface area contributed by atoms with Crippen molar-refractivity contribution in [3.8, 4) is 0 Å². The molecule has 0 amide bonds. The van der Waals surface area contributed by atoms with E-state index in [2.05, 4.69) is 37.3 Å². The molecule has 0 unspecified atom stereocenters. The second kappa shape index (κ2) is 124. The van der Waals surface area contributed by atoms with Gasteiger partial charge in [0.25, 0.3) is 0 Å². The summed E-state index contributed by atoms with van der Waals surface area (Å²) in [7, 11) is 0. The van der Waals surface area contributed by atoms with Crippen molar-refractivity contribution in [3.05, 3.63) is 145 Å². The zero-order valence-electron chi connectivity index (χ0n) is 27.8. The average molecular weight is 2900 g/mol. The summed E-state index contributed by atoms with van der Waals surface area (Å²) in [5.41, 5.74) is 1.28. The van der Waals surface area contributed by atoms with E-state index in [0.717, 1.165) is 6.42 Å². The molecule has 0 aliphatic carbocycles. The van der Waals surface area contributed by atoms with E-state index in [9.17, 15) is 0 Å². The smallest absolute Gasteiger partial charge is 0 e. The van der Waals surface area contributed by atoms with Crippen LogP contribution in [0.2, 0.25) is 0 Å². The number of hydrogen-bond donors (Lipinski definition) is 0. The Morgan fingerprint density at radius 3 is 0.638 bits per heavy atom. The van der Waals surface area contributed by atoms with E-state index in [1.807, 2.05) is 151 Å². The second-order valence-electron chi connectivity index (χ2n) is 4.97. The molecule has 0 aliphatic rings. The molecule has 0 spiro atoms. The third-order valence-electron chi connectivity index (χ3n) is 2.98. The minimum Gasteiger partial charge on any atom is -0.184 e. The Hall–Kier alpha value is 8.45. The average Bonchev–Trinajstić information content (AvgIpc) is 2.96. The molecule has 4 aromatic carbocycles. The van der Waals surface area contributed by atoms with E-state index in [1.54, 1.807) is 0 Å². The van der Waals surface area contributed by atoms with Crippen LogP contribution in [-0.2, 0) is 357 Å². The van der Waals surface area contributed by atoms with Crippen LogP contribution in [-0.4, -0.2) is 0 Å². The Labute approximate surface area is 538 Å². The zero-order valence-corrected chi connectivity index (χ0v) is 71.5. The summed E-state index contributed by atoms with van der Waals surface area (Å²) in [5.74, 6) is 0. The first-order valence-electron chi connectivity index (χ1n) is 11.6. The van der Waals surface area contributed by atoms with Crippen molar-refractivity contribution in [2.45, 2.75) is 54.9 Å². The van der Waals surface area contributed by atoms with Gasteiger partial charge in [0.2, 0.25) is 0 Å². The molecule has 4 rings (SSSR count). The fourth-order valence-corrected chi connectivity index (χ4v) is 1.68. The standard InChI is InChI=1S/C8H9.3C6H5.3C2H6.12W.3Y/c1-2-8-6-4-3-5-7-8;3*1-2-4-6-5-3-1;3*1-2;;;;;;;;;;;;;;;/h3-6H,2H2,1H3;3*1-5H;3*1-2H3;;;;;;;;;;;;;;;/q4*-1;;;;;;;;;;;;;;;;;;. The molecule has 0 fully saturated rings. The molecule has 0 atom stereocenters. The molecule has 0 nitrogen and oxygen atoms in total. The summed E-state index contributed by atoms with van der Waals surface area (Å²) < 4.78 is 0. The quantitative estimate of drug-likeness (QED) is 0.167. The first-order chi connectivity index (χ1) is 15.9. The maximum atomic E-state index is 3.12. The van der Waals surface area contributed by atoms with Crippen molar-refractivity contribution in [2.24, 2.45) is 0 Å². The van der Waals surface area contributed by atoms with Crippen LogP contribution >= 0.6 is 0 Å². The van der Waals surface area contributed by atoms with Gasteiger partial charge in [-0.05, 0) is 0 Å². The summed E-state index contributed by atoms with van der Waals surface area (Å²) in [6.45, 7) is 14.1. The molecule has 0 saturated heterocycles. The Bertz CT molecular complexity index is 603. The summed E-state index contributed by atoms with van der Waals surface area (Å²) in [6.07, 6.45) is 1.08. The van der Waals surface area contributed by atoms with Gasteiger partial charge in [-0.2, -0.15) is 145 Å². The molecule has 255 valence electrons. The molecule has 0 heterocycles. The van der Waals surface area contributed by atoms with Crippen molar-refractivity contribution < 1.29 is 351 Å². The Kier molecular flexibility index (Phi) is 309. The maximum absolute atomic E-state index is 3.12. The first kappa shape index (κ1) is 117.